The van der Waals surface area contributed by atoms with Gasteiger partial charge < -0.3 is 24.4 Å². The average molecular weight is 394 g/mol. The summed E-state index contributed by atoms with van der Waals surface area (Å²) in [4.78, 5) is 4.74. The molecule has 1 aliphatic carbocycles. The van der Waals surface area contributed by atoms with Crippen LogP contribution in [0.15, 0.2) is 18.2 Å². The number of benzene rings is 1. The molecule has 150 valence electrons. The van der Waals surface area contributed by atoms with Crippen molar-refractivity contribution in [3.05, 3.63) is 23.8 Å². The van der Waals surface area contributed by atoms with Crippen LogP contribution in [-0.4, -0.2) is 74.6 Å². The van der Waals surface area contributed by atoms with Gasteiger partial charge in [0, 0.05) is 38.8 Å². The minimum absolute atomic E-state index is 0.560. The van der Waals surface area contributed by atoms with Gasteiger partial charge >= 0.3 is 0 Å². The van der Waals surface area contributed by atoms with Crippen LogP contribution >= 0.6 is 12.2 Å². The molecule has 2 fully saturated rings. The Bertz CT molecular complexity index is 618. The molecule has 1 aromatic rings. The summed E-state index contributed by atoms with van der Waals surface area (Å²) in [5.74, 6) is 1.50. The molecule has 1 saturated heterocycles. The standard InChI is InChI=1S/C20H31N3O3S/c1-24-18-7-4-16(14-19(18)25-2)15-23(20(27)21-17-5-6-17)9-3-8-22-10-12-26-13-11-22/h4,7,14,17H,3,5-6,8-13,15H2,1-2H3,(H,21,27). The molecule has 0 bridgehead atoms. The molecule has 1 heterocycles. The third-order valence-corrected chi connectivity index (χ3v) is 5.40. The van der Waals surface area contributed by atoms with Gasteiger partial charge in [-0.05, 0) is 49.2 Å². The smallest absolute Gasteiger partial charge is 0.169 e. The molecule has 0 radical (unpaired) electrons. The van der Waals surface area contributed by atoms with Gasteiger partial charge in [0.2, 0.25) is 0 Å². The normalized spacial score (nSPS) is 17.4. The first-order valence-electron chi connectivity index (χ1n) is 9.76. The van der Waals surface area contributed by atoms with Crippen molar-refractivity contribution in [2.45, 2.75) is 31.8 Å². The topological polar surface area (TPSA) is 46.2 Å². The third kappa shape index (κ3) is 6.23. The number of hydrogen-bond acceptors (Lipinski definition) is 5. The lowest BCUT2D eigenvalue weighted by Gasteiger charge is -2.30. The van der Waals surface area contributed by atoms with Gasteiger partial charge in [-0.3, -0.25) is 4.90 Å². The maximum Gasteiger partial charge on any atom is 0.169 e. The van der Waals surface area contributed by atoms with Gasteiger partial charge in [0.1, 0.15) is 0 Å². The lowest BCUT2D eigenvalue weighted by atomic mass is 10.2. The molecule has 0 atom stereocenters. The average Bonchev–Trinajstić information content (AvgIpc) is 3.51. The van der Waals surface area contributed by atoms with Gasteiger partial charge in [-0.1, -0.05) is 6.07 Å². The number of nitrogens with one attached hydrogen (secondary N) is 1. The van der Waals surface area contributed by atoms with E-state index in [-0.39, 0.29) is 0 Å². The van der Waals surface area contributed by atoms with Crippen molar-refractivity contribution in [2.24, 2.45) is 0 Å². The van der Waals surface area contributed by atoms with Crippen LogP contribution in [0.4, 0.5) is 0 Å². The van der Waals surface area contributed by atoms with Crippen molar-refractivity contribution in [2.75, 3.05) is 53.6 Å². The van der Waals surface area contributed by atoms with Crippen LogP contribution in [0.25, 0.3) is 0 Å². The summed E-state index contributed by atoms with van der Waals surface area (Å²) in [5, 5.41) is 4.34. The van der Waals surface area contributed by atoms with Crippen molar-refractivity contribution in [3.63, 3.8) is 0 Å². The lowest BCUT2D eigenvalue weighted by Crippen LogP contribution is -2.42. The van der Waals surface area contributed by atoms with E-state index < -0.39 is 0 Å². The Morgan fingerprint density at radius 3 is 2.63 bits per heavy atom. The Labute approximate surface area is 167 Å². The molecule has 0 amide bonds. The number of nitrogens with zero attached hydrogens (tertiary/aromatic N) is 2. The monoisotopic (exact) mass is 393 g/mol. The minimum Gasteiger partial charge on any atom is -0.493 e. The first-order valence-corrected chi connectivity index (χ1v) is 10.2. The van der Waals surface area contributed by atoms with E-state index in [9.17, 15) is 0 Å². The molecule has 0 unspecified atom stereocenters. The third-order valence-electron chi connectivity index (χ3n) is 5.02. The van der Waals surface area contributed by atoms with Gasteiger partial charge in [-0.15, -0.1) is 0 Å². The largest absolute Gasteiger partial charge is 0.493 e. The summed E-state index contributed by atoms with van der Waals surface area (Å²) < 4.78 is 16.2. The second-order valence-electron chi connectivity index (χ2n) is 7.14. The fraction of sp³-hybridized carbons (Fsp3) is 0.650. The first kappa shape index (κ1) is 20.2. The summed E-state index contributed by atoms with van der Waals surface area (Å²) in [6.07, 6.45) is 3.52. The van der Waals surface area contributed by atoms with Crippen molar-refractivity contribution >= 4 is 17.3 Å². The minimum atomic E-state index is 0.560. The lowest BCUT2D eigenvalue weighted by molar-refractivity contribution is 0.0367. The molecule has 0 spiro atoms. The number of thiocarbonyl (C=S) groups is 1. The molecule has 0 aromatic heterocycles. The fourth-order valence-corrected chi connectivity index (χ4v) is 3.58. The SMILES string of the molecule is COc1ccc(CN(CCCN2CCOCC2)C(=S)NC2CC2)cc1OC. The highest BCUT2D eigenvalue weighted by Gasteiger charge is 2.24. The Hall–Kier alpha value is -1.57. The molecular weight excluding hydrogens is 362 g/mol. The van der Waals surface area contributed by atoms with E-state index >= 15 is 0 Å². The van der Waals surface area contributed by atoms with E-state index in [4.69, 9.17) is 26.4 Å². The van der Waals surface area contributed by atoms with Gasteiger partial charge in [0.05, 0.1) is 27.4 Å². The van der Waals surface area contributed by atoms with Gasteiger partial charge in [0.25, 0.3) is 0 Å². The van der Waals surface area contributed by atoms with Crippen molar-refractivity contribution < 1.29 is 14.2 Å². The van der Waals surface area contributed by atoms with Gasteiger partial charge in [-0.25, -0.2) is 0 Å². The van der Waals surface area contributed by atoms with Gasteiger partial charge in [-0.2, -0.15) is 0 Å². The molecule has 1 N–H and O–H groups in total. The Morgan fingerprint density at radius 2 is 1.96 bits per heavy atom. The molecule has 6 nitrogen and oxygen atoms in total. The summed E-state index contributed by atoms with van der Waals surface area (Å²) in [6, 6.07) is 6.63. The number of rotatable bonds is 9. The highest BCUT2D eigenvalue weighted by atomic mass is 32.1. The summed E-state index contributed by atoms with van der Waals surface area (Å²) in [7, 11) is 3.32. The van der Waals surface area contributed by atoms with Crippen LogP contribution in [0.3, 0.4) is 0 Å². The molecule has 27 heavy (non-hydrogen) atoms. The summed E-state index contributed by atoms with van der Waals surface area (Å²) in [5.41, 5.74) is 1.17. The molecular formula is C20H31N3O3S. The molecule has 1 saturated carbocycles. The highest BCUT2D eigenvalue weighted by Crippen LogP contribution is 2.28. The zero-order valence-corrected chi connectivity index (χ0v) is 17.2. The van der Waals surface area contributed by atoms with Crippen molar-refractivity contribution in [1.82, 2.24) is 15.1 Å². The van der Waals surface area contributed by atoms with Crippen molar-refractivity contribution in [1.29, 1.82) is 0 Å². The zero-order valence-electron chi connectivity index (χ0n) is 16.4. The molecule has 1 aliphatic heterocycles. The van der Waals surface area contributed by atoms with Crippen LogP contribution < -0.4 is 14.8 Å². The van der Waals surface area contributed by atoms with Gasteiger partial charge in [0.15, 0.2) is 16.6 Å². The number of methoxy groups -OCH3 is 2. The van der Waals surface area contributed by atoms with Crippen LogP contribution in [0.5, 0.6) is 11.5 Å². The molecule has 2 aliphatic rings. The molecule has 7 heteroatoms. The van der Waals surface area contributed by atoms with E-state index in [0.717, 1.165) is 69.0 Å². The quantitative estimate of drug-likeness (QED) is 0.646. The predicted molar refractivity (Wildman–Crippen MR) is 111 cm³/mol. The second-order valence-corrected chi connectivity index (χ2v) is 7.53. The molecule has 1 aromatic carbocycles. The fourth-order valence-electron chi connectivity index (χ4n) is 3.26. The Morgan fingerprint density at radius 1 is 1.22 bits per heavy atom. The predicted octanol–water partition coefficient (Wildman–Crippen LogP) is 2.27. The Balaban J connectivity index is 1.59. The van der Waals surface area contributed by atoms with Crippen LogP contribution in [-0.2, 0) is 11.3 Å². The first-order chi connectivity index (χ1) is 13.2. The van der Waals surface area contributed by atoms with E-state index in [1.807, 2.05) is 12.1 Å². The Kier molecular flexibility index (Phi) is 7.55. The zero-order chi connectivity index (χ0) is 19.1. The maximum atomic E-state index is 5.70. The molecule has 3 rings (SSSR count). The van der Waals surface area contributed by atoms with Crippen LogP contribution in [0, 0.1) is 0 Å². The number of morpholine rings is 1. The number of ether oxygens (including phenoxy) is 3. The van der Waals surface area contributed by atoms with E-state index in [0.29, 0.717) is 6.04 Å². The maximum absolute atomic E-state index is 5.70. The van der Waals surface area contributed by atoms with E-state index in [1.165, 1.54) is 18.4 Å². The van der Waals surface area contributed by atoms with Crippen LogP contribution in [0.1, 0.15) is 24.8 Å². The second kappa shape index (κ2) is 10.1. The van der Waals surface area contributed by atoms with E-state index in [1.54, 1.807) is 14.2 Å². The van der Waals surface area contributed by atoms with Crippen molar-refractivity contribution in [3.8, 4) is 11.5 Å². The van der Waals surface area contributed by atoms with Crippen LogP contribution in [0.2, 0.25) is 0 Å². The van der Waals surface area contributed by atoms with E-state index in [2.05, 4.69) is 21.2 Å². The summed E-state index contributed by atoms with van der Waals surface area (Å²) >= 11 is 5.70. The number of hydrogen-bond donors (Lipinski definition) is 1. The summed E-state index contributed by atoms with van der Waals surface area (Å²) in [6.45, 7) is 6.53. The highest BCUT2D eigenvalue weighted by molar-refractivity contribution is 7.80.